The molecular formula is C30H42BrN5O8S. The number of rotatable bonds is 10. The van der Waals surface area contributed by atoms with Crippen molar-refractivity contribution in [3.63, 3.8) is 0 Å². The second kappa shape index (κ2) is 12.5. The molecule has 1 aliphatic heterocycles. The number of hydrogen-bond acceptors (Lipinski definition) is 9. The lowest BCUT2D eigenvalue weighted by Crippen LogP contribution is -2.60. The van der Waals surface area contributed by atoms with E-state index in [0.717, 1.165) is 0 Å². The van der Waals surface area contributed by atoms with Crippen LogP contribution >= 0.6 is 15.9 Å². The Morgan fingerprint density at radius 1 is 1.16 bits per heavy atom. The number of likely N-dealkylation sites (tertiary alicyclic amines) is 1. The number of alkyl carbamates (subject to hydrolysis) is 1. The molecule has 15 heteroatoms. The van der Waals surface area contributed by atoms with Crippen LogP contribution in [0.4, 0.5) is 4.79 Å². The summed E-state index contributed by atoms with van der Waals surface area (Å²) in [5.74, 6) is -2.13. The molecule has 1 aromatic heterocycles. The van der Waals surface area contributed by atoms with Crippen LogP contribution in [0.15, 0.2) is 35.6 Å². The smallest absolute Gasteiger partial charge is 0.408 e. The average molecular weight is 713 g/mol. The number of nitrogens with zero attached hydrogens (tertiary/aromatic N) is 2. The molecule has 45 heavy (non-hydrogen) atoms. The molecule has 2 aliphatic carbocycles. The van der Waals surface area contributed by atoms with E-state index in [4.69, 9.17) is 9.47 Å². The fourth-order valence-corrected chi connectivity index (χ4v) is 6.99. The van der Waals surface area contributed by atoms with Gasteiger partial charge in [-0.3, -0.25) is 24.1 Å². The summed E-state index contributed by atoms with van der Waals surface area (Å²) in [5, 5.41) is 4.80. The summed E-state index contributed by atoms with van der Waals surface area (Å²) in [7, 11) is -3.87. The molecule has 4 rings (SSSR count). The van der Waals surface area contributed by atoms with Gasteiger partial charge in [0, 0.05) is 23.0 Å². The Morgan fingerprint density at radius 3 is 2.36 bits per heavy atom. The minimum atomic E-state index is -3.87. The fraction of sp³-hybridized carbons (Fsp3) is 0.633. The number of pyridine rings is 1. The van der Waals surface area contributed by atoms with E-state index in [2.05, 4.69) is 42.8 Å². The van der Waals surface area contributed by atoms with Crippen LogP contribution in [-0.4, -0.2) is 83.2 Å². The van der Waals surface area contributed by atoms with Crippen LogP contribution < -0.4 is 20.1 Å². The van der Waals surface area contributed by atoms with Gasteiger partial charge in [-0.1, -0.05) is 26.8 Å². The van der Waals surface area contributed by atoms with Crippen LogP contribution in [0.5, 0.6) is 5.75 Å². The average Bonchev–Trinajstić information content (AvgIpc) is 3.82. The maximum atomic E-state index is 14.2. The number of amides is 4. The molecule has 5 unspecified atom stereocenters. The van der Waals surface area contributed by atoms with E-state index in [1.54, 1.807) is 53.8 Å². The molecule has 248 valence electrons. The van der Waals surface area contributed by atoms with Gasteiger partial charge in [0.05, 0.1) is 18.0 Å². The Kier molecular flexibility index (Phi) is 9.66. The standard InChI is InChI=1S/C30H42BrN5O8S/c1-8-17-13-30(17,26(39)35-45(41,42)21-9-10-21)34-24(37)22-12-20(43-19-11-18(31)14-32-15-19)16-36(22)25(38)23(28(2,3)4)33-27(40)44-29(5,6)7/h8,11,14-15,17,20-23H,1,9-10,12-13,16H2,2-7H3,(H,33,40)(H,34,37)(H,35,39). The van der Waals surface area contributed by atoms with Crippen molar-refractivity contribution in [3.05, 3.63) is 35.6 Å². The van der Waals surface area contributed by atoms with Gasteiger partial charge < -0.3 is 25.0 Å². The van der Waals surface area contributed by atoms with Crippen molar-refractivity contribution in [1.29, 1.82) is 0 Å². The molecule has 2 saturated carbocycles. The predicted molar refractivity (Wildman–Crippen MR) is 168 cm³/mol. The number of carbonyl (C=O) groups is 4. The van der Waals surface area contributed by atoms with Crippen molar-refractivity contribution in [3.8, 4) is 5.75 Å². The van der Waals surface area contributed by atoms with Gasteiger partial charge in [-0.15, -0.1) is 6.58 Å². The van der Waals surface area contributed by atoms with Crippen LogP contribution in [0, 0.1) is 11.3 Å². The van der Waals surface area contributed by atoms with Crippen molar-refractivity contribution >= 4 is 49.8 Å². The highest BCUT2D eigenvalue weighted by atomic mass is 79.9. The van der Waals surface area contributed by atoms with E-state index in [0.29, 0.717) is 23.1 Å². The Hall–Kier alpha value is -3.20. The molecule has 5 atom stereocenters. The minimum absolute atomic E-state index is 0.00778. The molecule has 2 heterocycles. The molecule has 1 aromatic rings. The zero-order valence-electron chi connectivity index (χ0n) is 26.4. The van der Waals surface area contributed by atoms with Crippen molar-refractivity contribution in [1.82, 2.24) is 25.2 Å². The van der Waals surface area contributed by atoms with Crippen LogP contribution in [-0.2, 0) is 29.1 Å². The summed E-state index contributed by atoms with van der Waals surface area (Å²) in [4.78, 5) is 59.7. The molecule has 4 amide bonds. The van der Waals surface area contributed by atoms with Crippen molar-refractivity contribution in [2.75, 3.05) is 6.54 Å². The van der Waals surface area contributed by atoms with Gasteiger partial charge in [0.1, 0.15) is 35.1 Å². The Bertz CT molecular complexity index is 1470. The highest BCUT2D eigenvalue weighted by molar-refractivity contribution is 9.10. The number of ether oxygens (including phenoxy) is 2. The maximum absolute atomic E-state index is 14.2. The summed E-state index contributed by atoms with van der Waals surface area (Å²) in [6.45, 7) is 14.2. The van der Waals surface area contributed by atoms with Crippen LogP contribution in [0.2, 0.25) is 0 Å². The first-order valence-electron chi connectivity index (χ1n) is 14.8. The zero-order chi connectivity index (χ0) is 33.5. The van der Waals surface area contributed by atoms with Crippen molar-refractivity contribution in [2.45, 2.75) is 102 Å². The summed E-state index contributed by atoms with van der Waals surface area (Å²) in [5.41, 5.74) is -3.12. The van der Waals surface area contributed by atoms with Crippen molar-refractivity contribution in [2.24, 2.45) is 11.3 Å². The van der Waals surface area contributed by atoms with Gasteiger partial charge >= 0.3 is 6.09 Å². The zero-order valence-corrected chi connectivity index (χ0v) is 28.8. The Labute approximate surface area is 272 Å². The number of aromatic nitrogens is 1. The molecule has 13 nitrogen and oxygen atoms in total. The molecule has 3 aliphatic rings. The third-order valence-corrected chi connectivity index (χ3v) is 10.1. The van der Waals surface area contributed by atoms with Crippen LogP contribution in [0.1, 0.15) is 67.2 Å². The Morgan fingerprint density at radius 2 is 1.82 bits per heavy atom. The molecule has 0 radical (unpaired) electrons. The van der Waals surface area contributed by atoms with E-state index >= 15 is 0 Å². The normalized spacial score (nSPS) is 25.5. The second-order valence-electron chi connectivity index (χ2n) is 13.9. The largest absolute Gasteiger partial charge is 0.487 e. The van der Waals surface area contributed by atoms with Gasteiger partial charge in [-0.05, 0) is 67.4 Å². The highest BCUT2D eigenvalue weighted by Gasteiger charge is 2.62. The summed E-state index contributed by atoms with van der Waals surface area (Å²) in [6, 6.07) is -0.493. The number of sulfonamides is 1. The molecule has 0 bridgehead atoms. The van der Waals surface area contributed by atoms with Crippen molar-refractivity contribution < 1.29 is 37.1 Å². The van der Waals surface area contributed by atoms with Crippen LogP contribution in [0.3, 0.4) is 0 Å². The van der Waals surface area contributed by atoms with Crippen LogP contribution in [0.25, 0.3) is 0 Å². The summed E-state index contributed by atoms with van der Waals surface area (Å²) in [6.07, 6.45) is 4.30. The van der Waals surface area contributed by atoms with E-state index in [1.165, 1.54) is 17.2 Å². The van der Waals surface area contributed by atoms with Gasteiger partial charge in [0.15, 0.2) is 0 Å². The SMILES string of the molecule is C=CC1CC1(NC(=O)C1CC(Oc2cncc(Br)c2)CN1C(=O)C(NC(=O)OC(C)(C)C)C(C)(C)C)C(=O)NS(=O)(=O)C1CC1. The van der Waals surface area contributed by atoms with E-state index in [9.17, 15) is 27.6 Å². The topological polar surface area (TPSA) is 173 Å². The fourth-order valence-electron chi connectivity index (χ4n) is 5.28. The molecule has 1 saturated heterocycles. The molecule has 3 fully saturated rings. The van der Waals surface area contributed by atoms with E-state index < -0.39 is 79.7 Å². The minimum Gasteiger partial charge on any atom is -0.487 e. The number of nitrogens with one attached hydrogen (secondary N) is 3. The number of carbonyl (C=O) groups excluding carboxylic acids is 4. The first kappa shape index (κ1) is 34.7. The quantitative estimate of drug-likeness (QED) is 0.309. The monoisotopic (exact) mass is 711 g/mol. The number of halogens is 1. The van der Waals surface area contributed by atoms with Gasteiger partial charge in [0.25, 0.3) is 5.91 Å². The lowest BCUT2D eigenvalue weighted by molar-refractivity contribution is -0.143. The van der Waals surface area contributed by atoms with E-state index in [-0.39, 0.29) is 19.4 Å². The number of hydrogen-bond donors (Lipinski definition) is 3. The lowest BCUT2D eigenvalue weighted by atomic mass is 9.85. The lowest BCUT2D eigenvalue weighted by Gasteiger charge is -2.36. The molecular weight excluding hydrogens is 670 g/mol. The molecule has 0 spiro atoms. The van der Waals surface area contributed by atoms with Gasteiger partial charge in [-0.2, -0.15) is 0 Å². The Balaban J connectivity index is 1.60. The van der Waals surface area contributed by atoms with Gasteiger partial charge in [-0.25, -0.2) is 13.2 Å². The second-order valence-corrected chi connectivity index (χ2v) is 16.8. The summed E-state index contributed by atoms with van der Waals surface area (Å²) >= 11 is 3.35. The third kappa shape index (κ3) is 8.34. The van der Waals surface area contributed by atoms with Gasteiger partial charge in [0.2, 0.25) is 21.8 Å². The predicted octanol–water partition coefficient (Wildman–Crippen LogP) is 2.80. The first-order chi connectivity index (χ1) is 20.8. The first-order valence-corrected chi connectivity index (χ1v) is 17.2. The summed E-state index contributed by atoms with van der Waals surface area (Å²) < 4.78 is 39.4. The third-order valence-electron chi connectivity index (χ3n) is 7.85. The van der Waals surface area contributed by atoms with E-state index in [1.807, 2.05) is 0 Å². The maximum Gasteiger partial charge on any atom is 0.408 e. The molecule has 3 N–H and O–H groups in total. The molecule has 0 aromatic carbocycles. The highest BCUT2D eigenvalue weighted by Crippen LogP contribution is 2.45.